The zero-order valence-corrected chi connectivity index (χ0v) is 10.4. The summed E-state index contributed by atoms with van der Waals surface area (Å²) in [5.74, 6) is -1.09. The summed E-state index contributed by atoms with van der Waals surface area (Å²) in [6.45, 7) is 1.90. The van der Waals surface area contributed by atoms with Crippen molar-refractivity contribution in [3.63, 3.8) is 0 Å². The molecule has 0 aliphatic rings. The number of aromatic carboxylic acids is 1. The molecule has 1 heterocycles. The highest BCUT2D eigenvalue weighted by Gasteiger charge is 2.11. The molecule has 1 aromatic heterocycles. The molecule has 5 heteroatoms. The standard InChI is InChI=1S/C13H11ClN2O2/c1-7-2-3-8(5-11(7)14)9-4-10(13(17)18)12(15)16-6-9/h2-6H,1H3,(H2,15,16)(H,17,18). The predicted molar refractivity (Wildman–Crippen MR) is 70.8 cm³/mol. The van der Waals surface area contributed by atoms with Crippen molar-refractivity contribution in [1.29, 1.82) is 0 Å². The first-order valence-electron chi connectivity index (χ1n) is 5.24. The molecule has 2 rings (SSSR count). The number of aryl methyl sites for hydroxylation is 1. The number of carboxylic acid groups (broad SMARTS) is 1. The first-order chi connectivity index (χ1) is 8.49. The molecular weight excluding hydrogens is 252 g/mol. The zero-order chi connectivity index (χ0) is 13.3. The average molecular weight is 263 g/mol. The Balaban J connectivity index is 2.54. The Morgan fingerprint density at radius 2 is 2.06 bits per heavy atom. The lowest BCUT2D eigenvalue weighted by Crippen LogP contribution is -2.04. The number of carboxylic acids is 1. The molecule has 0 spiro atoms. The van der Waals surface area contributed by atoms with Crippen LogP contribution in [0.4, 0.5) is 5.82 Å². The summed E-state index contributed by atoms with van der Waals surface area (Å²) in [5.41, 5.74) is 7.93. The maximum atomic E-state index is 11.0. The third-order valence-electron chi connectivity index (χ3n) is 2.65. The molecule has 0 saturated heterocycles. The van der Waals surface area contributed by atoms with E-state index in [0.29, 0.717) is 10.6 Å². The maximum absolute atomic E-state index is 11.0. The molecule has 0 saturated carbocycles. The summed E-state index contributed by atoms with van der Waals surface area (Å²) >= 11 is 6.04. The molecule has 0 aliphatic carbocycles. The third kappa shape index (κ3) is 2.28. The Morgan fingerprint density at radius 1 is 1.33 bits per heavy atom. The van der Waals surface area contributed by atoms with Crippen molar-refractivity contribution in [3.05, 3.63) is 46.6 Å². The number of carbonyl (C=O) groups is 1. The molecule has 0 unspecified atom stereocenters. The van der Waals surface area contributed by atoms with E-state index < -0.39 is 5.97 Å². The number of rotatable bonds is 2. The van der Waals surface area contributed by atoms with E-state index in [4.69, 9.17) is 22.4 Å². The Labute approximate surface area is 109 Å². The smallest absolute Gasteiger partial charge is 0.339 e. The molecule has 0 atom stereocenters. The Kier molecular flexibility index (Phi) is 3.21. The number of aromatic nitrogens is 1. The molecule has 3 N–H and O–H groups in total. The first kappa shape index (κ1) is 12.4. The van der Waals surface area contributed by atoms with Gasteiger partial charge < -0.3 is 10.8 Å². The highest BCUT2D eigenvalue weighted by atomic mass is 35.5. The van der Waals surface area contributed by atoms with E-state index in [1.807, 2.05) is 19.1 Å². The fourth-order valence-corrected chi connectivity index (χ4v) is 1.76. The number of hydrogen-bond donors (Lipinski definition) is 2. The van der Waals surface area contributed by atoms with Crippen LogP contribution in [-0.2, 0) is 0 Å². The fourth-order valence-electron chi connectivity index (χ4n) is 1.58. The van der Waals surface area contributed by atoms with E-state index in [-0.39, 0.29) is 11.4 Å². The van der Waals surface area contributed by atoms with E-state index in [9.17, 15) is 4.79 Å². The van der Waals surface area contributed by atoms with Gasteiger partial charge in [0, 0.05) is 16.8 Å². The molecule has 18 heavy (non-hydrogen) atoms. The molecule has 92 valence electrons. The lowest BCUT2D eigenvalue weighted by Gasteiger charge is -2.06. The van der Waals surface area contributed by atoms with Gasteiger partial charge in [0.25, 0.3) is 0 Å². The second-order valence-corrected chi connectivity index (χ2v) is 4.33. The van der Waals surface area contributed by atoms with Gasteiger partial charge in [-0.3, -0.25) is 0 Å². The zero-order valence-electron chi connectivity index (χ0n) is 9.64. The Bertz CT molecular complexity index is 626. The van der Waals surface area contributed by atoms with Gasteiger partial charge >= 0.3 is 5.97 Å². The monoisotopic (exact) mass is 262 g/mol. The van der Waals surface area contributed by atoms with Crippen LogP contribution in [0.25, 0.3) is 11.1 Å². The first-order valence-corrected chi connectivity index (χ1v) is 5.62. The molecule has 0 fully saturated rings. The minimum atomic E-state index is -1.10. The van der Waals surface area contributed by atoms with Crippen molar-refractivity contribution < 1.29 is 9.90 Å². The molecular formula is C13H11ClN2O2. The second kappa shape index (κ2) is 4.66. The van der Waals surface area contributed by atoms with Crippen LogP contribution in [0.1, 0.15) is 15.9 Å². The number of pyridine rings is 1. The van der Waals surface area contributed by atoms with Gasteiger partial charge in [0.05, 0.1) is 0 Å². The summed E-state index contributed by atoms with van der Waals surface area (Å²) in [5, 5.41) is 9.62. The maximum Gasteiger partial charge on any atom is 0.339 e. The molecule has 0 aliphatic heterocycles. The van der Waals surface area contributed by atoms with Crippen molar-refractivity contribution in [1.82, 2.24) is 4.98 Å². The van der Waals surface area contributed by atoms with Crippen LogP contribution in [0, 0.1) is 6.92 Å². The van der Waals surface area contributed by atoms with Gasteiger partial charge in [0.15, 0.2) is 0 Å². The van der Waals surface area contributed by atoms with Crippen LogP contribution in [0.5, 0.6) is 0 Å². The molecule has 2 aromatic rings. The largest absolute Gasteiger partial charge is 0.478 e. The van der Waals surface area contributed by atoms with E-state index in [1.54, 1.807) is 6.07 Å². The van der Waals surface area contributed by atoms with Crippen LogP contribution in [0.15, 0.2) is 30.5 Å². The fraction of sp³-hybridized carbons (Fsp3) is 0.0769. The van der Waals surface area contributed by atoms with Crippen molar-refractivity contribution in [3.8, 4) is 11.1 Å². The van der Waals surface area contributed by atoms with E-state index >= 15 is 0 Å². The number of nitrogens with zero attached hydrogens (tertiary/aromatic N) is 1. The summed E-state index contributed by atoms with van der Waals surface area (Å²) in [7, 11) is 0. The molecule has 0 amide bonds. The van der Waals surface area contributed by atoms with Crippen molar-refractivity contribution in [2.24, 2.45) is 0 Å². The van der Waals surface area contributed by atoms with Gasteiger partial charge in [0.1, 0.15) is 11.4 Å². The SMILES string of the molecule is Cc1ccc(-c2cnc(N)c(C(=O)O)c2)cc1Cl. The van der Waals surface area contributed by atoms with Crippen LogP contribution in [0.3, 0.4) is 0 Å². The van der Waals surface area contributed by atoms with E-state index in [1.165, 1.54) is 12.3 Å². The predicted octanol–water partition coefficient (Wildman–Crippen LogP) is 2.99. The summed E-state index contributed by atoms with van der Waals surface area (Å²) < 4.78 is 0. The van der Waals surface area contributed by atoms with Crippen molar-refractivity contribution >= 4 is 23.4 Å². The van der Waals surface area contributed by atoms with Crippen molar-refractivity contribution in [2.45, 2.75) is 6.92 Å². The van der Waals surface area contributed by atoms with E-state index in [2.05, 4.69) is 4.98 Å². The van der Waals surface area contributed by atoms with E-state index in [0.717, 1.165) is 11.1 Å². The van der Waals surface area contributed by atoms with Crippen LogP contribution in [-0.4, -0.2) is 16.1 Å². The Morgan fingerprint density at radius 3 is 2.67 bits per heavy atom. The number of nitrogen functional groups attached to an aromatic ring is 1. The molecule has 1 aromatic carbocycles. The topological polar surface area (TPSA) is 76.2 Å². The number of nitrogens with two attached hydrogens (primary N) is 1. The van der Waals surface area contributed by atoms with Gasteiger partial charge in [-0.25, -0.2) is 9.78 Å². The normalized spacial score (nSPS) is 10.3. The lowest BCUT2D eigenvalue weighted by molar-refractivity contribution is 0.0698. The minimum absolute atomic E-state index is 0.00413. The lowest BCUT2D eigenvalue weighted by atomic mass is 10.0. The number of anilines is 1. The molecule has 0 radical (unpaired) electrons. The quantitative estimate of drug-likeness (QED) is 0.872. The average Bonchev–Trinajstić information content (AvgIpc) is 2.33. The van der Waals surface area contributed by atoms with Gasteiger partial charge in [-0.1, -0.05) is 23.7 Å². The summed E-state index contributed by atoms with van der Waals surface area (Å²) in [4.78, 5) is 14.9. The Hall–Kier alpha value is -2.07. The number of halogens is 1. The molecule has 4 nitrogen and oxygen atoms in total. The van der Waals surface area contributed by atoms with Gasteiger partial charge in [0.2, 0.25) is 0 Å². The third-order valence-corrected chi connectivity index (χ3v) is 3.06. The van der Waals surface area contributed by atoms with Gasteiger partial charge in [-0.05, 0) is 30.2 Å². The van der Waals surface area contributed by atoms with Crippen LogP contribution < -0.4 is 5.73 Å². The van der Waals surface area contributed by atoms with Gasteiger partial charge in [-0.2, -0.15) is 0 Å². The summed E-state index contributed by atoms with van der Waals surface area (Å²) in [6.07, 6.45) is 1.53. The molecule has 0 bridgehead atoms. The van der Waals surface area contributed by atoms with Crippen LogP contribution in [0.2, 0.25) is 5.02 Å². The van der Waals surface area contributed by atoms with Gasteiger partial charge in [-0.15, -0.1) is 0 Å². The van der Waals surface area contributed by atoms with Crippen LogP contribution >= 0.6 is 11.6 Å². The number of benzene rings is 1. The highest BCUT2D eigenvalue weighted by molar-refractivity contribution is 6.31. The minimum Gasteiger partial charge on any atom is -0.478 e. The second-order valence-electron chi connectivity index (χ2n) is 3.93. The number of hydrogen-bond acceptors (Lipinski definition) is 3. The summed E-state index contributed by atoms with van der Waals surface area (Å²) in [6, 6.07) is 7.00. The highest BCUT2D eigenvalue weighted by Crippen LogP contribution is 2.26. The van der Waals surface area contributed by atoms with Crippen molar-refractivity contribution in [2.75, 3.05) is 5.73 Å².